The zero-order valence-electron chi connectivity index (χ0n) is 18.3. The highest BCUT2D eigenvalue weighted by molar-refractivity contribution is 5.98. The number of ether oxygens (including phenoxy) is 1. The highest BCUT2D eigenvalue weighted by Gasteiger charge is 2.28. The summed E-state index contributed by atoms with van der Waals surface area (Å²) in [6, 6.07) is 15.7. The number of aliphatic hydroxyl groups excluding tert-OH is 1. The molecule has 0 bridgehead atoms. The standard InChI is InChI=1S/C25H26N4O3/c1-16-13-20(17(2)28(16)19-8-9-19)24(31)15-32-25-10-7-18(11-12-30)14-23(25)29-26-21-5-3-4-6-22(21)27-29/h3-7,10,13-14,19,30H,8-9,11-12,15H2,1-2H3. The average Bonchev–Trinajstić information content (AvgIpc) is 3.44. The molecule has 1 aliphatic rings. The van der Waals surface area contributed by atoms with Crippen LogP contribution < -0.4 is 4.74 Å². The van der Waals surface area contributed by atoms with E-state index in [0.717, 1.165) is 33.5 Å². The molecule has 164 valence electrons. The van der Waals surface area contributed by atoms with Crippen molar-refractivity contribution in [2.24, 2.45) is 0 Å². The number of rotatable bonds is 8. The third-order valence-electron chi connectivity index (χ3n) is 5.98. The summed E-state index contributed by atoms with van der Waals surface area (Å²) in [5.74, 6) is 0.477. The monoisotopic (exact) mass is 430 g/mol. The van der Waals surface area contributed by atoms with Crippen molar-refractivity contribution in [3.8, 4) is 11.4 Å². The molecule has 7 nitrogen and oxygen atoms in total. The Kier molecular flexibility index (Phi) is 5.27. The van der Waals surface area contributed by atoms with Crippen LogP contribution in [0.1, 0.15) is 46.2 Å². The van der Waals surface area contributed by atoms with Crippen molar-refractivity contribution in [3.05, 3.63) is 71.0 Å². The number of carbonyl (C=O) groups excluding carboxylic acids is 1. The maximum Gasteiger partial charge on any atom is 0.202 e. The second-order valence-electron chi connectivity index (χ2n) is 8.35. The molecule has 32 heavy (non-hydrogen) atoms. The fourth-order valence-corrected chi connectivity index (χ4v) is 4.27. The summed E-state index contributed by atoms with van der Waals surface area (Å²) in [6.07, 6.45) is 2.87. The van der Waals surface area contributed by atoms with Gasteiger partial charge in [-0.05, 0) is 69.0 Å². The van der Waals surface area contributed by atoms with E-state index in [-0.39, 0.29) is 19.0 Å². The summed E-state index contributed by atoms with van der Waals surface area (Å²) in [5.41, 5.74) is 5.98. The number of aryl methyl sites for hydroxylation is 1. The Morgan fingerprint density at radius 3 is 2.47 bits per heavy atom. The zero-order chi connectivity index (χ0) is 22.2. The van der Waals surface area contributed by atoms with Gasteiger partial charge in [-0.25, -0.2) is 0 Å². The summed E-state index contributed by atoms with van der Waals surface area (Å²) in [4.78, 5) is 14.5. The van der Waals surface area contributed by atoms with Crippen LogP contribution in [0.2, 0.25) is 0 Å². The number of benzene rings is 2. The minimum atomic E-state index is -0.0674. The van der Waals surface area contributed by atoms with E-state index in [4.69, 9.17) is 4.74 Å². The molecular formula is C25H26N4O3. The smallest absolute Gasteiger partial charge is 0.202 e. The lowest BCUT2D eigenvalue weighted by Gasteiger charge is -2.12. The van der Waals surface area contributed by atoms with Crippen molar-refractivity contribution in [2.45, 2.75) is 39.2 Å². The van der Waals surface area contributed by atoms with Crippen molar-refractivity contribution in [1.29, 1.82) is 0 Å². The fourth-order valence-electron chi connectivity index (χ4n) is 4.27. The molecule has 2 aromatic carbocycles. The second kappa shape index (κ2) is 8.24. The first-order valence-corrected chi connectivity index (χ1v) is 11.0. The Morgan fingerprint density at radius 1 is 1.09 bits per heavy atom. The molecule has 1 aliphatic carbocycles. The van der Waals surface area contributed by atoms with Crippen molar-refractivity contribution in [2.75, 3.05) is 13.2 Å². The lowest BCUT2D eigenvalue weighted by molar-refractivity contribution is 0.0920. The van der Waals surface area contributed by atoms with Gasteiger partial charge < -0.3 is 14.4 Å². The third kappa shape index (κ3) is 3.80. The number of hydrogen-bond donors (Lipinski definition) is 1. The maximum absolute atomic E-state index is 13.0. The minimum Gasteiger partial charge on any atom is -0.483 e. The Hall–Kier alpha value is -3.45. The average molecular weight is 431 g/mol. The maximum atomic E-state index is 13.0. The third-order valence-corrected chi connectivity index (χ3v) is 5.98. The number of nitrogens with zero attached hydrogens (tertiary/aromatic N) is 4. The van der Waals surface area contributed by atoms with Crippen molar-refractivity contribution in [1.82, 2.24) is 19.6 Å². The van der Waals surface area contributed by atoms with Gasteiger partial charge in [0.05, 0.1) is 0 Å². The first-order chi connectivity index (χ1) is 15.5. The molecule has 5 rings (SSSR count). The molecule has 0 amide bonds. The van der Waals surface area contributed by atoms with Crippen LogP contribution in [-0.2, 0) is 6.42 Å². The fraction of sp³-hybridized carbons (Fsp3) is 0.320. The summed E-state index contributed by atoms with van der Waals surface area (Å²) < 4.78 is 8.26. The van der Waals surface area contributed by atoms with Gasteiger partial charge in [-0.1, -0.05) is 18.2 Å². The molecule has 7 heteroatoms. The van der Waals surface area contributed by atoms with Crippen LogP contribution in [0.4, 0.5) is 0 Å². The number of Topliss-reactive ketones (excluding diaryl/α,β-unsaturated/α-hetero) is 1. The normalized spacial score (nSPS) is 13.6. The van der Waals surface area contributed by atoms with Gasteiger partial charge in [0.2, 0.25) is 5.78 Å². The topological polar surface area (TPSA) is 82.2 Å². The number of ketones is 1. The zero-order valence-corrected chi connectivity index (χ0v) is 18.3. The molecule has 2 heterocycles. The van der Waals surface area contributed by atoms with Gasteiger partial charge in [0.15, 0.2) is 6.61 Å². The van der Waals surface area contributed by atoms with E-state index in [2.05, 4.69) is 21.7 Å². The Labute approximate surface area is 186 Å². The number of fused-ring (bicyclic) bond motifs is 1. The SMILES string of the molecule is Cc1cc(C(=O)COc2ccc(CCO)cc2-n2nc3ccccc3n2)c(C)n1C1CC1. The minimum absolute atomic E-state index is 0.0449. The Bertz CT molecular complexity index is 1270. The van der Waals surface area contributed by atoms with Gasteiger partial charge in [0.25, 0.3) is 0 Å². The molecule has 0 unspecified atom stereocenters. The number of carbonyl (C=O) groups is 1. The van der Waals surface area contributed by atoms with Crippen LogP contribution in [-0.4, -0.2) is 43.7 Å². The Balaban J connectivity index is 1.43. The van der Waals surface area contributed by atoms with Gasteiger partial charge in [-0.15, -0.1) is 15.0 Å². The van der Waals surface area contributed by atoms with Crippen LogP contribution in [0.5, 0.6) is 5.75 Å². The summed E-state index contributed by atoms with van der Waals surface area (Å²) in [7, 11) is 0. The molecule has 1 fully saturated rings. The van der Waals surface area contributed by atoms with E-state index in [0.29, 0.717) is 23.9 Å². The number of aliphatic hydroxyl groups is 1. The van der Waals surface area contributed by atoms with Crippen molar-refractivity contribution >= 4 is 16.8 Å². The number of aromatic nitrogens is 4. The van der Waals surface area contributed by atoms with E-state index >= 15 is 0 Å². The molecule has 0 saturated heterocycles. The van der Waals surface area contributed by atoms with Gasteiger partial charge >= 0.3 is 0 Å². The van der Waals surface area contributed by atoms with Gasteiger partial charge in [0.1, 0.15) is 22.5 Å². The molecule has 0 atom stereocenters. The highest BCUT2D eigenvalue weighted by Crippen LogP contribution is 2.38. The molecule has 0 aliphatic heterocycles. The van der Waals surface area contributed by atoms with Crippen LogP contribution in [0.3, 0.4) is 0 Å². The Morgan fingerprint density at radius 2 is 1.81 bits per heavy atom. The van der Waals surface area contributed by atoms with E-state index in [9.17, 15) is 9.90 Å². The first-order valence-electron chi connectivity index (χ1n) is 11.0. The summed E-state index contributed by atoms with van der Waals surface area (Å²) in [5, 5.41) is 18.5. The van der Waals surface area contributed by atoms with E-state index in [1.165, 1.54) is 17.6 Å². The molecule has 0 radical (unpaired) electrons. The predicted octanol–water partition coefficient (Wildman–Crippen LogP) is 3.97. The molecular weight excluding hydrogens is 404 g/mol. The van der Waals surface area contributed by atoms with Crippen LogP contribution in [0.25, 0.3) is 16.7 Å². The van der Waals surface area contributed by atoms with E-state index in [1.54, 1.807) is 0 Å². The van der Waals surface area contributed by atoms with Gasteiger partial charge in [-0.3, -0.25) is 4.79 Å². The highest BCUT2D eigenvalue weighted by atomic mass is 16.5. The molecule has 0 spiro atoms. The van der Waals surface area contributed by atoms with Crippen LogP contribution in [0.15, 0.2) is 48.5 Å². The summed E-state index contributed by atoms with van der Waals surface area (Å²) >= 11 is 0. The van der Waals surface area contributed by atoms with E-state index in [1.807, 2.05) is 55.5 Å². The van der Waals surface area contributed by atoms with E-state index < -0.39 is 0 Å². The van der Waals surface area contributed by atoms with Gasteiger partial charge in [-0.2, -0.15) is 0 Å². The molecule has 2 aromatic heterocycles. The lowest BCUT2D eigenvalue weighted by Crippen LogP contribution is -2.14. The molecule has 4 aromatic rings. The van der Waals surface area contributed by atoms with Crippen molar-refractivity contribution < 1.29 is 14.6 Å². The largest absolute Gasteiger partial charge is 0.483 e. The lowest BCUT2D eigenvalue weighted by atomic mass is 10.1. The predicted molar refractivity (Wildman–Crippen MR) is 122 cm³/mol. The van der Waals surface area contributed by atoms with Crippen molar-refractivity contribution in [3.63, 3.8) is 0 Å². The molecule has 1 N–H and O–H groups in total. The van der Waals surface area contributed by atoms with Crippen LogP contribution >= 0.6 is 0 Å². The first kappa shape index (κ1) is 20.5. The number of hydrogen-bond acceptors (Lipinski definition) is 5. The summed E-state index contributed by atoms with van der Waals surface area (Å²) in [6.45, 7) is 4.03. The van der Waals surface area contributed by atoms with Gasteiger partial charge in [0, 0.05) is 29.6 Å². The van der Waals surface area contributed by atoms with Crippen LogP contribution in [0, 0.1) is 13.8 Å². The molecule has 1 saturated carbocycles. The second-order valence-corrected chi connectivity index (χ2v) is 8.35. The quantitative estimate of drug-likeness (QED) is 0.428.